The Bertz CT molecular complexity index is 872. The van der Waals surface area contributed by atoms with Crippen LogP contribution in [0.1, 0.15) is 147 Å². The maximum Gasteiger partial charge on any atom is 0.136 e. The molecule has 1 aromatic carbocycles. The van der Waals surface area contributed by atoms with Crippen molar-refractivity contribution in [2.24, 2.45) is 5.92 Å². The van der Waals surface area contributed by atoms with Crippen LogP contribution < -0.4 is 4.74 Å². The van der Waals surface area contributed by atoms with Crippen molar-refractivity contribution in [1.82, 2.24) is 4.98 Å². The van der Waals surface area contributed by atoms with Gasteiger partial charge in [-0.25, -0.2) is 4.39 Å². The van der Waals surface area contributed by atoms with Gasteiger partial charge in [0.05, 0.1) is 12.3 Å². The fraction of sp³-hybridized carbons (Fsp3) is 0.686. The number of benzene rings is 1. The molecule has 1 heterocycles. The van der Waals surface area contributed by atoms with E-state index >= 15 is 0 Å². The Labute approximate surface area is 233 Å². The molecule has 1 aliphatic rings. The molecule has 1 aromatic heterocycles. The van der Waals surface area contributed by atoms with Gasteiger partial charge in [-0.3, -0.25) is 4.98 Å². The summed E-state index contributed by atoms with van der Waals surface area (Å²) in [6.45, 7) is 5.17. The third kappa shape index (κ3) is 11.1. The van der Waals surface area contributed by atoms with Crippen LogP contribution in [0.3, 0.4) is 0 Å². The summed E-state index contributed by atoms with van der Waals surface area (Å²) in [5.74, 6) is 1.87. The highest BCUT2D eigenvalue weighted by molar-refractivity contribution is 5.61. The molecule has 0 spiro atoms. The number of hydrogen-bond donors (Lipinski definition) is 0. The molecule has 0 unspecified atom stereocenters. The maximum absolute atomic E-state index is 14.8. The molecular weight excluding hydrogens is 469 g/mol. The smallest absolute Gasteiger partial charge is 0.136 e. The lowest BCUT2D eigenvalue weighted by Gasteiger charge is -2.28. The van der Waals surface area contributed by atoms with Crippen LogP contribution >= 0.6 is 0 Å². The number of rotatable bonds is 19. The zero-order chi connectivity index (χ0) is 26.8. The topological polar surface area (TPSA) is 22.1 Å². The Morgan fingerprint density at radius 1 is 0.737 bits per heavy atom. The summed E-state index contributed by atoms with van der Waals surface area (Å²) in [4.78, 5) is 4.66. The van der Waals surface area contributed by atoms with E-state index in [1.165, 1.54) is 127 Å². The SMILES string of the molecule is CCCCCCCCCCC1CCC(c2ccc(-c3ccc(OCCCCCCCC)cc3F)nc2)CC1. The summed E-state index contributed by atoms with van der Waals surface area (Å²) in [6, 6.07) is 9.37. The van der Waals surface area contributed by atoms with Crippen molar-refractivity contribution in [2.75, 3.05) is 6.61 Å². The summed E-state index contributed by atoms with van der Waals surface area (Å²) in [5, 5.41) is 0. The van der Waals surface area contributed by atoms with Gasteiger partial charge in [0.15, 0.2) is 0 Å². The third-order valence-corrected chi connectivity index (χ3v) is 8.55. The normalized spacial score (nSPS) is 17.6. The highest BCUT2D eigenvalue weighted by Gasteiger charge is 2.22. The van der Waals surface area contributed by atoms with E-state index in [0.29, 0.717) is 29.5 Å². The molecule has 0 saturated heterocycles. The second-order valence-electron chi connectivity index (χ2n) is 11.7. The zero-order valence-electron chi connectivity index (χ0n) is 24.5. The van der Waals surface area contributed by atoms with Crippen LogP contribution in [-0.2, 0) is 0 Å². The average Bonchev–Trinajstić information content (AvgIpc) is 2.94. The Morgan fingerprint density at radius 3 is 1.97 bits per heavy atom. The monoisotopic (exact) mass is 523 g/mol. The minimum absolute atomic E-state index is 0.257. The summed E-state index contributed by atoms with van der Waals surface area (Å²) in [7, 11) is 0. The molecule has 0 atom stereocenters. The molecule has 0 N–H and O–H groups in total. The number of pyridine rings is 1. The maximum atomic E-state index is 14.8. The number of unbranched alkanes of at least 4 members (excludes halogenated alkanes) is 12. The molecule has 3 heteroatoms. The van der Waals surface area contributed by atoms with Crippen molar-refractivity contribution in [3.8, 4) is 17.0 Å². The summed E-state index contributed by atoms with van der Waals surface area (Å²) >= 11 is 0. The molecule has 212 valence electrons. The molecular formula is C35H54FNO. The van der Waals surface area contributed by atoms with E-state index in [-0.39, 0.29) is 5.82 Å². The van der Waals surface area contributed by atoms with Gasteiger partial charge in [0.25, 0.3) is 0 Å². The van der Waals surface area contributed by atoms with E-state index in [1.807, 2.05) is 24.4 Å². The quantitative estimate of drug-likeness (QED) is 0.171. The number of aromatic nitrogens is 1. The van der Waals surface area contributed by atoms with E-state index in [4.69, 9.17) is 4.74 Å². The summed E-state index contributed by atoms with van der Waals surface area (Å²) < 4.78 is 20.6. The summed E-state index contributed by atoms with van der Waals surface area (Å²) in [5.41, 5.74) is 2.58. The predicted molar refractivity (Wildman–Crippen MR) is 160 cm³/mol. The van der Waals surface area contributed by atoms with Crippen LogP contribution in [0.25, 0.3) is 11.3 Å². The van der Waals surface area contributed by atoms with Crippen molar-refractivity contribution >= 4 is 0 Å². The lowest BCUT2D eigenvalue weighted by atomic mass is 9.77. The lowest BCUT2D eigenvalue weighted by molar-refractivity contribution is 0.301. The van der Waals surface area contributed by atoms with E-state index in [0.717, 1.165) is 12.3 Å². The first-order chi connectivity index (χ1) is 18.7. The first kappa shape index (κ1) is 30.6. The molecule has 1 fully saturated rings. The Kier molecular flexibility index (Phi) is 14.8. The van der Waals surface area contributed by atoms with Crippen LogP contribution in [0.15, 0.2) is 36.5 Å². The Balaban J connectivity index is 1.36. The molecule has 0 radical (unpaired) electrons. The van der Waals surface area contributed by atoms with E-state index in [2.05, 4.69) is 24.9 Å². The number of halogens is 1. The van der Waals surface area contributed by atoms with Gasteiger partial charge in [-0.05, 0) is 67.7 Å². The van der Waals surface area contributed by atoms with Gasteiger partial charge in [-0.15, -0.1) is 0 Å². The molecule has 1 aliphatic carbocycles. The van der Waals surface area contributed by atoms with Gasteiger partial charge in [0.2, 0.25) is 0 Å². The minimum atomic E-state index is -0.257. The van der Waals surface area contributed by atoms with Crippen molar-refractivity contribution in [3.05, 3.63) is 47.9 Å². The van der Waals surface area contributed by atoms with Gasteiger partial charge in [0.1, 0.15) is 11.6 Å². The number of nitrogens with zero attached hydrogens (tertiary/aromatic N) is 1. The molecule has 2 aromatic rings. The highest BCUT2D eigenvalue weighted by Crippen LogP contribution is 2.38. The molecule has 0 amide bonds. The van der Waals surface area contributed by atoms with Gasteiger partial charge in [-0.1, -0.05) is 110 Å². The number of hydrogen-bond acceptors (Lipinski definition) is 2. The largest absolute Gasteiger partial charge is 0.493 e. The number of ether oxygens (including phenoxy) is 1. The van der Waals surface area contributed by atoms with E-state index in [1.54, 1.807) is 0 Å². The highest BCUT2D eigenvalue weighted by atomic mass is 19.1. The molecule has 0 aliphatic heterocycles. The lowest BCUT2D eigenvalue weighted by Crippen LogP contribution is -2.13. The van der Waals surface area contributed by atoms with Gasteiger partial charge in [-0.2, -0.15) is 0 Å². The van der Waals surface area contributed by atoms with Crippen LogP contribution in [0.2, 0.25) is 0 Å². The minimum Gasteiger partial charge on any atom is -0.493 e. The fourth-order valence-corrected chi connectivity index (χ4v) is 6.02. The van der Waals surface area contributed by atoms with Crippen LogP contribution in [0.4, 0.5) is 4.39 Å². The molecule has 0 bridgehead atoms. The molecule has 1 saturated carbocycles. The van der Waals surface area contributed by atoms with Crippen LogP contribution in [0, 0.1) is 11.7 Å². The van der Waals surface area contributed by atoms with Gasteiger partial charge in [0, 0.05) is 17.8 Å². The molecule has 2 nitrogen and oxygen atoms in total. The van der Waals surface area contributed by atoms with Crippen LogP contribution in [0.5, 0.6) is 5.75 Å². The predicted octanol–water partition coefficient (Wildman–Crippen LogP) is 11.4. The first-order valence-corrected chi connectivity index (χ1v) is 16.1. The van der Waals surface area contributed by atoms with E-state index in [9.17, 15) is 4.39 Å². The second kappa shape index (κ2) is 18.4. The average molecular weight is 524 g/mol. The van der Waals surface area contributed by atoms with Crippen molar-refractivity contribution in [1.29, 1.82) is 0 Å². The molecule has 38 heavy (non-hydrogen) atoms. The summed E-state index contributed by atoms with van der Waals surface area (Å²) in [6.07, 6.45) is 27.2. The van der Waals surface area contributed by atoms with Gasteiger partial charge >= 0.3 is 0 Å². The fourth-order valence-electron chi connectivity index (χ4n) is 6.02. The van der Waals surface area contributed by atoms with Crippen molar-refractivity contribution < 1.29 is 9.13 Å². The first-order valence-electron chi connectivity index (χ1n) is 16.1. The van der Waals surface area contributed by atoms with Crippen molar-refractivity contribution in [3.63, 3.8) is 0 Å². The Morgan fingerprint density at radius 2 is 1.37 bits per heavy atom. The third-order valence-electron chi connectivity index (χ3n) is 8.55. The second-order valence-corrected chi connectivity index (χ2v) is 11.7. The van der Waals surface area contributed by atoms with Gasteiger partial charge < -0.3 is 4.74 Å². The van der Waals surface area contributed by atoms with E-state index < -0.39 is 0 Å². The standard InChI is InChI=1S/C35H54FNO/c1-3-5-7-9-11-12-13-15-17-29-18-20-30(21-19-29)31-22-25-35(37-28-31)33-24-23-32(27-34(33)36)38-26-16-14-10-8-6-4-2/h22-25,27-30H,3-21,26H2,1-2H3. The van der Waals surface area contributed by atoms with Crippen molar-refractivity contribution in [2.45, 2.75) is 142 Å². The molecule has 3 rings (SSSR count). The Hall–Kier alpha value is -1.90. The van der Waals surface area contributed by atoms with Crippen LogP contribution in [-0.4, -0.2) is 11.6 Å². The zero-order valence-corrected chi connectivity index (χ0v) is 24.5.